The summed E-state index contributed by atoms with van der Waals surface area (Å²) in [5, 5.41) is 3.36. The van der Waals surface area contributed by atoms with Crippen molar-refractivity contribution < 1.29 is 9.53 Å². The van der Waals surface area contributed by atoms with E-state index in [0.717, 1.165) is 19.0 Å². The molecule has 0 bridgehead atoms. The first kappa shape index (κ1) is 13.6. The monoisotopic (exact) mass is 255 g/mol. The van der Waals surface area contributed by atoms with Crippen molar-refractivity contribution in [3.63, 3.8) is 0 Å². The zero-order valence-electron chi connectivity index (χ0n) is 11.6. The van der Waals surface area contributed by atoms with E-state index in [0.29, 0.717) is 12.0 Å². The Morgan fingerprint density at radius 1 is 1.28 bits per heavy atom. The summed E-state index contributed by atoms with van der Waals surface area (Å²) in [5.74, 6) is 1.53. The van der Waals surface area contributed by atoms with Gasteiger partial charge in [-0.2, -0.15) is 0 Å². The van der Waals surface area contributed by atoms with E-state index in [1.807, 2.05) is 20.8 Å². The molecule has 1 aliphatic heterocycles. The van der Waals surface area contributed by atoms with Crippen LogP contribution in [0.25, 0.3) is 0 Å². The number of nitrogens with one attached hydrogen (secondary N) is 3. The number of rotatable bonds is 3. The summed E-state index contributed by atoms with van der Waals surface area (Å²) in [6, 6.07) is 0.318. The Labute approximate surface area is 109 Å². The predicted molar refractivity (Wildman–Crippen MR) is 70.0 cm³/mol. The molecule has 1 aliphatic carbocycles. The van der Waals surface area contributed by atoms with E-state index >= 15 is 0 Å². The maximum absolute atomic E-state index is 11.6. The van der Waals surface area contributed by atoms with Crippen LogP contribution in [0.3, 0.4) is 0 Å². The van der Waals surface area contributed by atoms with Gasteiger partial charge in [0, 0.05) is 12.6 Å². The van der Waals surface area contributed by atoms with Crippen molar-refractivity contribution in [2.75, 3.05) is 13.1 Å². The van der Waals surface area contributed by atoms with E-state index in [2.05, 4.69) is 16.2 Å². The van der Waals surface area contributed by atoms with Crippen LogP contribution in [0.4, 0.5) is 4.79 Å². The van der Waals surface area contributed by atoms with Gasteiger partial charge in [-0.25, -0.2) is 10.2 Å². The fourth-order valence-electron chi connectivity index (χ4n) is 2.58. The highest BCUT2D eigenvalue weighted by atomic mass is 16.6. The first-order valence-electron chi connectivity index (χ1n) is 6.91. The van der Waals surface area contributed by atoms with Crippen LogP contribution in [0.2, 0.25) is 0 Å². The molecule has 1 heterocycles. The molecule has 104 valence electrons. The van der Waals surface area contributed by atoms with Crippen molar-refractivity contribution in [2.45, 2.75) is 51.7 Å². The smallest absolute Gasteiger partial charge is 0.422 e. The molecule has 18 heavy (non-hydrogen) atoms. The van der Waals surface area contributed by atoms with Gasteiger partial charge in [0.25, 0.3) is 0 Å². The zero-order valence-corrected chi connectivity index (χ0v) is 11.6. The van der Waals surface area contributed by atoms with Crippen LogP contribution >= 0.6 is 0 Å². The molecule has 2 atom stereocenters. The van der Waals surface area contributed by atoms with Gasteiger partial charge in [0.05, 0.1) is 0 Å². The van der Waals surface area contributed by atoms with E-state index in [9.17, 15) is 4.79 Å². The maximum Gasteiger partial charge on any atom is 0.422 e. The van der Waals surface area contributed by atoms with Crippen LogP contribution in [0.1, 0.15) is 40.0 Å². The Hall–Kier alpha value is -0.810. The third-order valence-electron chi connectivity index (χ3n) is 3.52. The van der Waals surface area contributed by atoms with Crippen molar-refractivity contribution in [3.05, 3.63) is 0 Å². The number of hydrogen-bond acceptors (Lipinski definition) is 4. The van der Waals surface area contributed by atoms with Gasteiger partial charge in [0.1, 0.15) is 5.60 Å². The number of amides is 1. The normalized spacial score (nSPS) is 28.8. The molecule has 0 aromatic carbocycles. The average molecular weight is 255 g/mol. The molecule has 0 aromatic rings. The standard InChI is InChI=1S/C13H25N3O2/c1-13(2,3)18-12(17)16-15-11-8-14-7-6-10(11)9-4-5-9/h9-11,14-15H,4-8H2,1-3H3,(H,16,17). The minimum Gasteiger partial charge on any atom is -0.443 e. The Kier molecular flexibility index (Phi) is 4.12. The minimum atomic E-state index is -0.452. The van der Waals surface area contributed by atoms with Crippen molar-refractivity contribution >= 4 is 6.09 Å². The average Bonchev–Trinajstić information content (AvgIpc) is 3.08. The summed E-state index contributed by atoms with van der Waals surface area (Å²) in [5.41, 5.74) is 5.35. The van der Waals surface area contributed by atoms with Crippen LogP contribution in [-0.2, 0) is 4.74 Å². The zero-order chi connectivity index (χ0) is 13.2. The quantitative estimate of drug-likeness (QED) is 0.667. The minimum absolute atomic E-state index is 0.318. The lowest BCUT2D eigenvalue weighted by atomic mass is 9.89. The van der Waals surface area contributed by atoms with Gasteiger partial charge in [-0.3, -0.25) is 5.43 Å². The number of hydrazine groups is 1. The van der Waals surface area contributed by atoms with E-state index in [-0.39, 0.29) is 0 Å². The van der Waals surface area contributed by atoms with E-state index < -0.39 is 11.7 Å². The first-order valence-corrected chi connectivity index (χ1v) is 6.91. The Balaban J connectivity index is 1.75. The van der Waals surface area contributed by atoms with Gasteiger partial charge >= 0.3 is 6.09 Å². The van der Waals surface area contributed by atoms with Crippen molar-refractivity contribution in [3.8, 4) is 0 Å². The maximum atomic E-state index is 11.6. The summed E-state index contributed by atoms with van der Waals surface area (Å²) in [6.45, 7) is 7.59. The highest BCUT2D eigenvalue weighted by Crippen LogP contribution is 2.40. The van der Waals surface area contributed by atoms with Crippen LogP contribution < -0.4 is 16.2 Å². The fraction of sp³-hybridized carbons (Fsp3) is 0.923. The highest BCUT2D eigenvalue weighted by molar-refractivity contribution is 5.67. The fourth-order valence-corrected chi connectivity index (χ4v) is 2.58. The molecule has 2 fully saturated rings. The van der Waals surface area contributed by atoms with Crippen molar-refractivity contribution in [1.29, 1.82) is 0 Å². The first-order chi connectivity index (χ1) is 8.46. The molecule has 1 amide bonds. The molecule has 0 radical (unpaired) electrons. The van der Waals surface area contributed by atoms with E-state index in [1.54, 1.807) is 0 Å². The van der Waals surface area contributed by atoms with Gasteiger partial charge in [0.2, 0.25) is 0 Å². The molecule has 1 saturated heterocycles. The molecule has 0 spiro atoms. The molecule has 3 N–H and O–H groups in total. The van der Waals surface area contributed by atoms with Crippen LogP contribution in [-0.4, -0.2) is 30.8 Å². The third-order valence-corrected chi connectivity index (χ3v) is 3.52. The summed E-state index contributed by atoms with van der Waals surface area (Å²) >= 11 is 0. The van der Waals surface area contributed by atoms with Crippen LogP contribution in [0.15, 0.2) is 0 Å². The Morgan fingerprint density at radius 2 is 2.00 bits per heavy atom. The number of hydrogen-bond donors (Lipinski definition) is 3. The second-order valence-corrected chi connectivity index (χ2v) is 6.37. The van der Waals surface area contributed by atoms with Gasteiger partial charge < -0.3 is 10.1 Å². The summed E-state index contributed by atoms with van der Waals surface area (Å²) in [7, 11) is 0. The van der Waals surface area contributed by atoms with E-state index in [1.165, 1.54) is 19.3 Å². The SMILES string of the molecule is CC(C)(C)OC(=O)NNC1CNCCC1C1CC1. The lowest BCUT2D eigenvalue weighted by molar-refractivity contribution is 0.0471. The predicted octanol–water partition coefficient (Wildman–Crippen LogP) is 1.40. The Bertz CT molecular complexity index is 297. The molecular weight excluding hydrogens is 230 g/mol. The molecule has 5 nitrogen and oxygen atoms in total. The third kappa shape index (κ3) is 4.14. The molecule has 2 aliphatic rings. The van der Waals surface area contributed by atoms with Gasteiger partial charge in [-0.05, 0) is 58.4 Å². The largest absolute Gasteiger partial charge is 0.443 e. The molecule has 2 rings (SSSR count). The second kappa shape index (κ2) is 5.45. The summed E-state index contributed by atoms with van der Waals surface area (Å²) in [6.07, 6.45) is 3.48. The van der Waals surface area contributed by atoms with Crippen LogP contribution in [0, 0.1) is 11.8 Å². The molecular formula is C13H25N3O2. The van der Waals surface area contributed by atoms with Gasteiger partial charge in [-0.15, -0.1) is 0 Å². The number of carbonyl (C=O) groups excluding carboxylic acids is 1. The lowest BCUT2D eigenvalue weighted by Gasteiger charge is -2.33. The molecule has 2 unspecified atom stereocenters. The summed E-state index contributed by atoms with van der Waals surface area (Å²) in [4.78, 5) is 11.6. The number of piperidine rings is 1. The summed E-state index contributed by atoms with van der Waals surface area (Å²) < 4.78 is 5.21. The highest BCUT2D eigenvalue weighted by Gasteiger charge is 2.37. The van der Waals surface area contributed by atoms with E-state index in [4.69, 9.17) is 4.74 Å². The number of ether oxygens (including phenoxy) is 1. The topological polar surface area (TPSA) is 62.4 Å². The molecule has 1 saturated carbocycles. The van der Waals surface area contributed by atoms with Gasteiger partial charge in [-0.1, -0.05) is 0 Å². The lowest BCUT2D eigenvalue weighted by Crippen LogP contribution is -2.56. The number of carbonyl (C=O) groups is 1. The molecule has 5 heteroatoms. The van der Waals surface area contributed by atoms with Gasteiger partial charge in [0.15, 0.2) is 0 Å². The van der Waals surface area contributed by atoms with Crippen molar-refractivity contribution in [2.24, 2.45) is 11.8 Å². The second-order valence-electron chi connectivity index (χ2n) is 6.37. The molecule has 0 aromatic heterocycles. The van der Waals surface area contributed by atoms with Crippen LogP contribution in [0.5, 0.6) is 0 Å². The Morgan fingerprint density at radius 3 is 2.61 bits per heavy atom. The van der Waals surface area contributed by atoms with Crippen molar-refractivity contribution in [1.82, 2.24) is 16.2 Å².